The monoisotopic (exact) mass is 291 g/mol. The third-order valence-corrected chi connectivity index (χ3v) is 3.06. The summed E-state index contributed by atoms with van der Waals surface area (Å²) in [7, 11) is 0. The number of carbonyl (C=O) groups is 1. The minimum atomic E-state index is -0.473. The number of nitrogens with zero attached hydrogens (tertiary/aromatic N) is 1. The molecule has 0 aliphatic heterocycles. The molecule has 2 aromatic carbocycles. The molecule has 6 heteroatoms. The van der Waals surface area contributed by atoms with E-state index in [1.807, 2.05) is 0 Å². The molecule has 0 saturated heterocycles. The van der Waals surface area contributed by atoms with Crippen molar-refractivity contribution in [3.05, 3.63) is 62.7 Å². The van der Waals surface area contributed by atoms with E-state index in [0.29, 0.717) is 28.9 Å². The van der Waals surface area contributed by atoms with Gasteiger partial charge in [-0.25, -0.2) is 0 Å². The number of ether oxygens (including phenoxy) is 1. The van der Waals surface area contributed by atoms with Crippen LogP contribution in [0, 0.1) is 17.0 Å². The predicted octanol–water partition coefficient (Wildman–Crippen LogP) is 4.16. The van der Waals surface area contributed by atoms with Gasteiger partial charge in [-0.1, -0.05) is 17.7 Å². The number of rotatable bonds is 4. The Morgan fingerprint density at radius 2 is 2.00 bits per heavy atom. The first-order chi connectivity index (χ1) is 9.52. The van der Waals surface area contributed by atoms with E-state index in [2.05, 4.69) is 0 Å². The first-order valence-corrected chi connectivity index (χ1v) is 6.07. The zero-order chi connectivity index (χ0) is 14.7. The van der Waals surface area contributed by atoms with Crippen molar-refractivity contribution in [2.75, 3.05) is 0 Å². The Hall–Kier alpha value is -2.40. The Balaban J connectivity index is 2.38. The topological polar surface area (TPSA) is 69.4 Å². The number of hydrogen-bond donors (Lipinski definition) is 0. The normalized spacial score (nSPS) is 10.1. The Labute approximate surface area is 119 Å². The van der Waals surface area contributed by atoms with E-state index in [-0.39, 0.29) is 10.7 Å². The maximum atomic E-state index is 10.9. The van der Waals surface area contributed by atoms with E-state index >= 15 is 0 Å². The van der Waals surface area contributed by atoms with Gasteiger partial charge < -0.3 is 4.74 Å². The third kappa shape index (κ3) is 2.78. The van der Waals surface area contributed by atoms with Crippen LogP contribution in [0.1, 0.15) is 15.9 Å². The number of benzene rings is 2. The fourth-order valence-electron chi connectivity index (χ4n) is 1.70. The average molecular weight is 292 g/mol. The SMILES string of the molecule is Cc1c(Oc2ccc(C=O)cc2Cl)cccc1[N+](=O)[O-]. The summed E-state index contributed by atoms with van der Waals surface area (Å²) in [6.07, 6.45) is 0.675. The molecule has 2 aromatic rings. The van der Waals surface area contributed by atoms with Crippen LogP contribution in [-0.2, 0) is 0 Å². The molecule has 0 radical (unpaired) electrons. The molecule has 2 rings (SSSR count). The summed E-state index contributed by atoms with van der Waals surface area (Å²) >= 11 is 5.99. The second-order valence-corrected chi connectivity index (χ2v) is 4.47. The molecule has 20 heavy (non-hydrogen) atoms. The quantitative estimate of drug-likeness (QED) is 0.482. The van der Waals surface area contributed by atoms with Crippen LogP contribution in [0.4, 0.5) is 5.69 Å². The van der Waals surface area contributed by atoms with Gasteiger partial charge in [0.15, 0.2) is 0 Å². The first-order valence-electron chi connectivity index (χ1n) is 5.69. The number of hydrogen-bond acceptors (Lipinski definition) is 4. The average Bonchev–Trinajstić information content (AvgIpc) is 2.42. The van der Waals surface area contributed by atoms with Crippen molar-refractivity contribution in [2.24, 2.45) is 0 Å². The molecule has 0 amide bonds. The van der Waals surface area contributed by atoms with Crippen molar-refractivity contribution in [2.45, 2.75) is 6.92 Å². The van der Waals surface area contributed by atoms with Crippen molar-refractivity contribution in [3.63, 3.8) is 0 Å². The van der Waals surface area contributed by atoms with Crippen LogP contribution in [0.5, 0.6) is 11.5 Å². The van der Waals surface area contributed by atoms with Crippen LogP contribution in [-0.4, -0.2) is 11.2 Å². The molecule has 0 saturated carbocycles. The molecular formula is C14H10ClNO4. The summed E-state index contributed by atoms with van der Waals surface area (Å²) in [5.41, 5.74) is 0.814. The molecule has 0 unspecified atom stereocenters. The standard InChI is InChI=1S/C14H10ClNO4/c1-9-12(16(18)19)3-2-4-13(9)20-14-6-5-10(8-17)7-11(14)15/h2-8H,1H3. The lowest BCUT2D eigenvalue weighted by Crippen LogP contribution is -1.95. The first kappa shape index (κ1) is 14.0. The Kier molecular flexibility index (Phi) is 4.00. The van der Waals surface area contributed by atoms with Crippen molar-refractivity contribution in [1.82, 2.24) is 0 Å². The lowest BCUT2D eigenvalue weighted by molar-refractivity contribution is -0.385. The lowest BCUT2D eigenvalue weighted by Gasteiger charge is -2.10. The highest BCUT2D eigenvalue weighted by molar-refractivity contribution is 6.32. The molecule has 0 spiro atoms. The predicted molar refractivity (Wildman–Crippen MR) is 74.7 cm³/mol. The van der Waals surface area contributed by atoms with Gasteiger partial charge in [0.05, 0.1) is 15.5 Å². The minimum Gasteiger partial charge on any atom is -0.455 e. The molecule has 0 aliphatic rings. The highest BCUT2D eigenvalue weighted by Gasteiger charge is 2.15. The van der Waals surface area contributed by atoms with E-state index < -0.39 is 4.92 Å². The van der Waals surface area contributed by atoms with Gasteiger partial charge in [0.25, 0.3) is 5.69 Å². The summed E-state index contributed by atoms with van der Waals surface area (Å²) < 4.78 is 5.58. The highest BCUT2D eigenvalue weighted by Crippen LogP contribution is 2.34. The van der Waals surface area contributed by atoms with Gasteiger partial charge in [-0.05, 0) is 31.2 Å². The fraction of sp³-hybridized carbons (Fsp3) is 0.0714. The summed E-state index contributed by atoms with van der Waals surface area (Å²) in [4.78, 5) is 21.0. The number of aldehydes is 1. The van der Waals surface area contributed by atoms with Gasteiger partial charge in [0.2, 0.25) is 0 Å². The number of nitro benzene ring substituents is 1. The zero-order valence-electron chi connectivity index (χ0n) is 10.5. The number of halogens is 1. The Morgan fingerprint density at radius 3 is 2.60 bits per heavy atom. The van der Waals surface area contributed by atoms with Crippen molar-refractivity contribution in [3.8, 4) is 11.5 Å². The van der Waals surface area contributed by atoms with Crippen molar-refractivity contribution >= 4 is 23.6 Å². The van der Waals surface area contributed by atoms with E-state index in [4.69, 9.17) is 16.3 Å². The maximum Gasteiger partial charge on any atom is 0.276 e. The molecule has 0 atom stereocenters. The Bertz CT molecular complexity index is 685. The van der Waals surface area contributed by atoms with E-state index in [1.165, 1.54) is 18.2 Å². The highest BCUT2D eigenvalue weighted by atomic mass is 35.5. The molecule has 0 N–H and O–H groups in total. The molecule has 0 aliphatic carbocycles. The summed E-state index contributed by atoms with van der Waals surface area (Å²) in [5.74, 6) is 0.681. The summed E-state index contributed by atoms with van der Waals surface area (Å²) in [5, 5.41) is 11.1. The fourth-order valence-corrected chi connectivity index (χ4v) is 1.93. The van der Waals surface area contributed by atoms with Crippen LogP contribution in [0.15, 0.2) is 36.4 Å². The van der Waals surface area contributed by atoms with Crippen LogP contribution >= 0.6 is 11.6 Å². The van der Waals surface area contributed by atoms with Gasteiger partial charge in [-0.3, -0.25) is 14.9 Å². The van der Waals surface area contributed by atoms with Crippen LogP contribution in [0.2, 0.25) is 5.02 Å². The van der Waals surface area contributed by atoms with Crippen LogP contribution in [0.3, 0.4) is 0 Å². The Morgan fingerprint density at radius 1 is 1.25 bits per heavy atom. The van der Waals surface area contributed by atoms with E-state index in [1.54, 1.807) is 25.1 Å². The molecule has 0 aromatic heterocycles. The summed E-state index contributed by atoms with van der Waals surface area (Å²) in [6.45, 7) is 1.60. The largest absolute Gasteiger partial charge is 0.455 e. The number of carbonyl (C=O) groups excluding carboxylic acids is 1. The third-order valence-electron chi connectivity index (χ3n) is 2.76. The van der Waals surface area contributed by atoms with E-state index in [9.17, 15) is 14.9 Å². The molecule has 0 bridgehead atoms. The van der Waals surface area contributed by atoms with Crippen LogP contribution in [0.25, 0.3) is 0 Å². The van der Waals surface area contributed by atoms with Crippen LogP contribution < -0.4 is 4.74 Å². The molecule has 102 valence electrons. The van der Waals surface area contributed by atoms with Gasteiger partial charge in [-0.15, -0.1) is 0 Å². The van der Waals surface area contributed by atoms with Crippen molar-refractivity contribution < 1.29 is 14.5 Å². The maximum absolute atomic E-state index is 10.9. The zero-order valence-corrected chi connectivity index (χ0v) is 11.3. The van der Waals surface area contributed by atoms with E-state index in [0.717, 1.165) is 0 Å². The second-order valence-electron chi connectivity index (χ2n) is 4.07. The van der Waals surface area contributed by atoms with Gasteiger partial charge in [-0.2, -0.15) is 0 Å². The number of nitro groups is 1. The molecule has 0 heterocycles. The summed E-state index contributed by atoms with van der Waals surface area (Å²) in [6, 6.07) is 9.13. The second kappa shape index (κ2) is 5.71. The van der Waals surface area contributed by atoms with Gasteiger partial charge >= 0.3 is 0 Å². The lowest BCUT2D eigenvalue weighted by atomic mass is 10.2. The molecule has 5 nitrogen and oxygen atoms in total. The van der Waals surface area contributed by atoms with Gasteiger partial charge in [0.1, 0.15) is 17.8 Å². The van der Waals surface area contributed by atoms with Crippen molar-refractivity contribution in [1.29, 1.82) is 0 Å². The molecular weight excluding hydrogens is 282 g/mol. The smallest absolute Gasteiger partial charge is 0.276 e. The molecule has 0 fully saturated rings. The minimum absolute atomic E-state index is 0.0249. The van der Waals surface area contributed by atoms with Gasteiger partial charge in [0, 0.05) is 11.6 Å².